The molecule has 0 aliphatic heterocycles. The fraction of sp³-hybridized carbons (Fsp3) is 0.700. The van der Waals surface area contributed by atoms with E-state index in [2.05, 4.69) is 12.2 Å². The highest BCUT2D eigenvalue weighted by Gasteiger charge is 2.20. The second-order valence-corrected chi connectivity index (χ2v) is 3.25. The summed E-state index contributed by atoms with van der Waals surface area (Å²) in [5.41, 5.74) is 0. The fourth-order valence-corrected chi connectivity index (χ4v) is 1.50. The predicted octanol–water partition coefficient (Wildman–Crippen LogP) is 2.18. The summed E-state index contributed by atoms with van der Waals surface area (Å²) in [5.74, 6) is 0. The number of ether oxygens (including phenoxy) is 1. The summed E-state index contributed by atoms with van der Waals surface area (Å²) < 4.78 is 4.92. The maximum Gasteiger partial charge on any atom is 0.409 e. The van der Waals surface area contributed by atoms with E-state index in [1.54, 1.807) is 4.90 Å². The van der Waals surface area contributed by atoms with Gasteiger partial charge in [-0.25, -0.2) is 4.79 Å². The number of rotatable bonds is 2. The largest absolute Gasteiger partial charge is 0.450 e. The number of carbonyl (C=O) groups excluding carboxylic acids is 1. The highest BCUT2D eigenvalue weighted by atomic mass is 16.6. The third-order valence-corrected chi connectivity index (χ3v) is 2.34. The molecule has 3 nitrogen and oxygen atoms in total. The van der Waals surface area contributed by atoms with Gasteiger partial charge in [-0.2, -0.15) is 0 Å². The van der Waals surface area contributed by atoms with Crippen LogP contribution in [0.15, 0.2) is 12.2 Å². The number of carbonyl (C=O) groups is 1. The van der Waals surface area contributed by atoms with Crippen molar-refractivity contribution in [3.63, 3.8) is 0 Å². The summed E-state index contributed by atoms with van der Waals surface area (Å²) in [7, 11) is 1.81. The second-order valence-electron chi connectivity index (χ2n) is 3.25. The predicted molar refractivity (Wildman–Crippen MR) is 51.6 cm³/mol. The summed E-state index contributed by atoms with van der Waals surface area (Å²) in [4.78, 5) is 13.0. The molecule has 0 radical (unpaired) electrons. The molecule has 0 aromatic rings. The Kier molecular flexibility index (Phi) is 3.80. The van der Waals surface area contributed by atoms with Gasteiger partial charge in [-0.15, -0.1) is 0 Å². The van der Waals surface area contributed by atoms with Gasteiger partial charge < -0.3 is 9.64 Å². The molecule has 0 aromatic heterocycles. The number of allylic oxidation sites excluding steroid dienone is 1. The van der Waals surface area contributed by atoms with Gasteiger partial charge in [0.15, 0.2) is 0 Å². The van der Waals surface area contributed by atoms with Crippen LogP contribution in [-0.4, -0.2) is 30.7 Å². The Labute approximate surface area is 79.4 Å². The van der Waals surface area contributed by atoms with E-state index in [0.717, 1.165) is 19.3 Å². The molecule has 1 rings (SSSR count). The van der Waals surface area contributed by atoms with Crippen LogP contribution in [0.1, 0.15) is 26.2 Å². The molecule has 0 aromatic carbocycles. The van der Waals surface area contributed by atoms with Crippen molar-refractivity contribution in [1.82, 2.24) is 4.90 Å². The van der Waals surface area contributed by atoms with Gasteiger partial charge in [0.1, 0.15) is 0 Å². The summed E-state index contributed by atoms with van der Waals surface area (Å²) >= 11 is 0. The van der Waals surface area contributed by atoms with E-state index < -0.39 is 0 Å². The van der Waals surface area contributed by atoms with Crippen LogP contribution in [0, 0.1) is 0 Å². The maximum absolute atomic E-state index is 11.3. The van der Waals surface area contributed by atoms with Crippen LogP contribution in [0.5, 0.6) is 0 Å². The molecule has 0 saturated heterocycles. The highest BCUT2D eigenvalue weighted by molar-refractivity contribution is 5.67. The Hall–Kier alpha value is -0.990. The van der Waals surface area contributed by atoms with Crippen molar-refractivity contribution in [3.05, 3.63) is 12.2 Å². The van der Waals surface area contributed by atoms with E-state index in [-0.39, 0.29) is 6.09 Å². The zero-order valence-corrected chi connectivity index (χ0v) is 8.32. The average molecular weight is 183 g/mol. The second kappa shape index (κ2) is 4.90. The van der Waals surface area contributed by atoms with Crippen LogP contribution in [-0.2, 0) is 4.74 Å². The Balaban J connectivity index is 2.41. The van der Waals surface area contributed by atoms with Crippen LogP contribution in [0.2, 0.25) is 0 Å². The lowest BCUT2D eigenvalue weighted by Crippen LogP contribution is -2.37. The summed E-state index contributed by atoms with van der Waals surface area (Å²) in [6, 6.07) is 0.323. The van der Waals surface area contributed by atoms with E-state index in [1.165, 1.54) is 0 Å². The Morgan fingerprint density at radius 1 is 1.62 bits per heavy atom. The molecule has 3 heteroatoms. The van der Waals surface area contributed by atoms with E-state index >= 15 is 0 Å². The molecule has 0 heterocycles. The molecule has 1 aliphatic carbocycles. The van der Waals surface area contributed by atoms with Gasteiger partial charge in [-0.1, -0.05) is 12.2 Å². The molecule has 1 unspecified atom stereocenters. The zero-order chi connectivity index (χ0) is 9.68. The lowest BCUT2D eigenvalue weighted by molar-refractivity contribution is 0.0995. The number of amides is 1. The molecule has 74 valence electrons. The lowest BCUT2D eigenvalue weighted by Gasteiger charge is -2.27. The van der Waals surface area contributed by atoms with E-state index in [9.17, 15) is 4.79 Å². The van der Waals surface area contributed by atoms with Crippen LogP contribution in [0.4, 0.5) is 4.79 Å². The third kappa shape index (κ3) is 2.76. The first-order valence-electron chi connectivity index (χ1n) is 4.80. The van der Waals surface area contributed by atoms with Crippen molar-refractivity contribution in [2.75, 3.05) is 13.7 Å². The molecule has 0 fully saturated rings. The molecule has 1 aliphatic rings. The lowest BCUT2D eigenvalue weighted by atomic mass is 10.0. The summed E-state index contributed by atoms with van der Waals surface area (Å²) in [5, 5.41) is 0. The van der Waals surface area contributed by atoms with Crippen molar-refractivity contribution < 1.29 is 9.53 Å². The minimum atomic E-state index is -0.206. The third-order valence-electron chi connectivity index (χ3n) is 2.34. The van der Waals surface area contributed by atoms with Crippen LogP contribution >= 0.6 is 0 Å². The Morgan fingerprint density at radius 2 is 2.38 bits per heavy atom. The standard InChI is InChI=1S/C10H17NO2/c1-3-13-10(12)11(2)9-7-5-4-6-8-9/h4-5,9H,3,6-8H2,1-2H3. The SMILES string of the molecule is CCOC(=O)N(C)C1CC=CCC1. The van der Waals surface area contributed by atoms with E-state index in [1.807, 2.05) is 14.0 Å². The highest BCUT2D eigenvalue weighted by Crippen LogP contribution is 2.16. The molecule has 0 N–H and O–H groups in total. The Bertz CT molecular complexity index is 201. The molecule has 1 atom stereocenters. The Morgan fingerprint density at radius 3 is 2.92 bits per heavy atom. The topological polar surface area (TPSA) is 29.5 Å². The first-order chi connectivity index (χ1) is 6.25. The molecule has 0 saturated carbocycles. The van der Waals surface area contributed by atoms with Gasteiger partial charge in [0.25, 0.3) is 0 Å². The summed E-state index contributed by atoms with van der Waals surface area (Å²) in [6.45, 7) is 2.28. The van der Waals surface area contributed by atoms with Crippen LogP contribution < -0.4 is 0 Å². The quantitative estimate of drug-likeness (QED) is 0.614. The molecular weight excluding hydrogens is 166 g/mol. The van der Waals surface area contributed by atoms with Crippen molar-refractivity contribution in [2.24, 2.45) is 0 Å². The van der Waals surface area contributed by atoms with Gasteiger partial charge in [0.2, 0.25) is 0 Å². The molecule has 0 spiro atoms. The van der Waals surface area contributed by atoms with Gasteiger partial charge in [0.05, 0.1) is 6.61 Å². The normalized spacial score (nSPS) is 21.2. The zero-order valence-electron chi connectivity index (χ0n) is 8.32. The first-order valence-corrected chi connectivity index (χ1v) is 4.80. The van der Waals surface area contributed by atoms with E-state index in [0.29, 0.717) is 12.6 Å². The monoisotopic (exact) mass is 183 g/mol. The van der Waals surface area contributed by atoms with Crippen LogP contribution in [0.25, 0.3) is 0 Å². The van der Waals surface area contributed by atoms with Gasteiger partial charge in [-0.3, -0.25) is 0 Å². The van der Waals surface area contributed by atoms with Crippen molar-refractivity contribution in [1.29, 1.82) is 0 Å². The van der Waals surface area contributed by atoms with Gasteiger partial charge >= 0.3 is 6.09 Å². The molecule has 13 heavy (non-hydrogen) atoms. The molecular formula is C10H17NO2. The molecule has 0 bridgehead atoms. The smallest absolute Gasteiger partial charge is 0.409 e. The number of nitrogens with zero attached hydrogens (tertiary/aromatic N) is 1. The average Bonchev–Trinajstić information content (AvgIpc) is 2.18. The molecule has 1 amide bonds. The fourth-order valence-electron chi connectivity index (χ4n) is 1.50. The van der Waals surface area contributed by atoms with E-state index in [4.69, 9.17) is 4.74 Å². The van der Waals surface area contributed by atoms with Gasteiger partial charge in [-0.05, 0) is 26.2 Å². The number of hydrogen-bond donors (Lipinski definition) is 0. The number of hydrogen-bond acceptors (Lipinski definition) is 2. The minimum Gasteiger partial charge on any atom is -0.450 e. The van der Waals surface area contributed by atoms with Gasteiger partial charge in [0, 0.05) is 13.1 Å². The van der Waals surface area contributed by atoms with Crippen molar-refractivity contribution >= 4 is 6.09 Å². The van der Waals surface area contributed by atoms with Crippen LogP contribution in [0.3, 0.4) is 0 Å². The van der Waals surface area contributed by atoms with Crippen molar-refractivity contribution in [2.45, 2.75) is 32.2 Å². The first kappa shape index (κ1) is 10.1. The maximum atomic E-state index is 11.3. The van der Waals surface area contributed by atoms with Crippen molar-refractivity contribution in [3.8, 4) is 0 Å². The minimum absolute atomic E-state index is 0.206. The summed E-state index contributed by atoms with van der Waals surface area (Å²) in [6.07, 6.45) is 7.15.